The number of imidazole rings is 2. The van der Waals surface area contributed by atoms with Crippen molar-refractivity contribution in [3.63, 3.8) is 0 Å². The number of amides is 3. The van der Waals surface area contributed by atoms with Gasteiger partial charge in [-0.1, -0.05) is 56.3 Å². The second-order valence-corrected chi connectivity index (χ2v) is 13.2. The lowest BCUT2D eigenvalue weighted by Crippen LogP contribution is -2.51. The van der Waals surface area contributed by atoms with Crippen molar-refractivity contribution < 1.29 is 19.1 Å². The highest BCUT2D eigenvalue weighted by Crippen LogP contribution is 2.35. The molecule has 0 radical (unpaired) electrons. The van der Waals surface area contributed by atoms with Crippen LogP contribution in [0.4, 0.5) is 4.79 Å². The Morgan fingerprint density at radius 2 is 1.56 bits per heavy atom. The van der Waals surface area contributed by atoms with Crippen molar-refractivity contribution in [3.8, 4) is 22.4 Å². The van der Waals surface area contributed by atoms with E-state index in [0.29, 0.717) is 18.7 Å². The molecule has 2 aromatic carbocycles. The number of fused-ring (bicyclic) bond motifs is 1. The zero-order chi connectivity index (χ0) is 34.1. The molecule has 48 heavy (non-hydrogen) atoms. The van der Waals surface area contributed by atoms with Crippen LogP contribution in [0.3, 0.4) is 0 Å². The van der Waals surface area contributed by atoms with Gasteiger partial charge in [-0.05, 0) is 67.3 Å². The van der Waals surface area contributed by atoms with Crippen molar-refractivity contribution in [2.75, 3.05) is 20.2 Å². The summed E-state index contributed by atoms with van der Waals surface area (Å²) in [6.45, 7) is 10.7. The number of H-pyrrole nitrogens is 2. The van der Waals surface area contributed by atoms with Gasteiger partial charge in [-0.25, -0.2) is 14.8 Å². The quantitative estimate of drug-likeness (QED) is 0.180. The van der Waals surface area contributed by atoms with E-state index in [1.165, 1.54) is 7.11 Å². The number of alkyl carbamates (subject to hydrolysis) is 1. The van der Waals surface area contributed by atoms with Crippen LogP contribution in [-0.4, -0.2) is 79.9 Å². The first-order valence-electron chi connectivity index (χ1n) is 16.6. The lowest BCUT2D eigenvalue weighted by atomic mass is 10.0. The smallest absolute Gasteiger partial charge is 0.407 e. The van der Waals surface area contributed by atoms with Crippen molar-refractivity contribution in [2.45, 2.75) is 70.6 Å². The summed E-state index contributed by atoms with van der Waals surface area (Å²) in [7, 11) is 1.29. The Bertz CT molecular complexity index is 1830. The van der Waals surface area contributed by atoms with Gasteiger partial charge in [-0.2, -0.15) is 0 Å². The zero-order valence-electron chi connectivity index (χ0n) is 28.0. The molecule has 4 aromatic rings. The predicted molar refractivity (Wildman–Crippen MR) is 183 cm³/mol. The number of benzene rings is 2. The maximum atomic E-state index is 13.5. The van der Waals surface area contributed by atoms with Gasteiger partial charge in [0.2, 0.25) is 11.8 Å². The Hall–Kier alpha value is -4.97. The molecule has 2 aliphatic rings. The highest BCUT2D eigenvalue weighted by Gasteiger charge is 2.38. The van der Waals surface area contributed by atoms with Gasteiger partial charge < -0.3 is 35.6 Å². The van der Waals surface area contributed by atoms with Crippen LogP contribution in [0, 0.1) is 5.92 Å². The molecule has 6 rings (SSSR count). The van der Waals surface area contributed by atoms with Gasteiger partial charge in [0.1, 0.15) is 23.7 Å². The summed E-state index contributed by atoms with van der Waals surface area (Å²) in [5.74, 6) is 1.15. The summed E-state index contributed by atoms with van der Waals surface area (Å²) in [6, 6.07) is 12.6. The third-order valence-corrected chi connectivity index (χ3v) is 9.52. The Labute approximate surface area is 280 Å². The van der Waals surface area contributed by atoms with Gasteiger partial charge in [0.25, 0.3) is 0 Å². The molecule has 4 atom stereocenters. The fraction of sp³-hybridized carbons (Fsp3) is 0.417. The number of ether oxygens (including phenoxy) is 1. The van der Waals surface area contributed by atoms with E-state index in [4.69, 9.17) is 15.5 Å². The molecule has 12 heteroatoms. The molecule has 0 unspecified atom stereocenters. The summed E-state index contributed by atoms with van der Waals surface area (Å²) in [5, 5.41) is 2.70. The molecule has 0 saturated carbocycles. The Balaban J connectivity index is 1.17. The number of nitrogens with two attached hydrogens (primary N) is 1. The van der Waals surface area contributed by atoms with E-state index < -0.39 is 18.2 Å². The molecule has 2 fully saturated rings. The monoisotopic (exact) mass is 652 g/mol. The van der Waals surface area contributed by atoms with Crippen LogP contribution in [-0.2, 0) is 14.3 Å². The Kier molecular flexibility index (Phi) is 9.36. The van der Waals surface area contributed by atoms with Gasteiger partial charge in [-0.3, -0.25) is 9.59 Å². The molecular weight excluding hydrogens is 608 g/mol. The van der Waals surface area contributed by atoms with Gasteiger partial charge in [0.05, 0.1) is 42.1 Å². The average molecular weight is 653 g/mol. The van der Waals surface area contributed by atoms with Crippen LogP contribution in [0.25, 0.3) is 33.4 Å². The van der Waals surface area contributed by atoms with E-state index in [9.17, 15) is 14.4 Å². The largest absolute Gasteiger partial charge is 0.453 e. The van der Waals surface area contributed by atoms with Gasteiger partial charge >= 0.3 is 6.09 Å². The van der Waals surface area contributed by atoms with Crippen LogP contribution in [0.15, 0.2) is 60.8 Å². The number of carbonyl (C=O) groups excluding carboxylic acids is 3. The molecule has 0 bridgehead atoms. The molecular formula is C36H44N8O4. The lowest BCUT2D eigenvalue weighted by molar-refractivity contribution is -0.135. The number of nitrogens with zero attached hydrogens (tertiary/aromatic N) is 4. The highest BCUT2D eigenvalue weighted by atomic mass is 16.5. The van der Waals surface area contributed by atoms with E-state index in [-0.39, 0.29) is 29.8 Å². The van der Waals surface area contributed by atoms with Gasteiger partial charge in [-0.15, -0.1) is 0 Å². The summed E-state index contributed by atoms with van der Waals surface area (Å²) in [4.78, 5) is 58.5. The molecule has 2 aliphatic heterocycles. The minimum atomic E-state index is -0.707. The highest BCUT2D eigenvalue weighted by molar-refractivity contribution is 5.87. The summed E-state index contributed by atoms with van der Waals surface area (Å²) in [6.07, 6.45) is 4.56. The van der Waals surface area contributed by atoms with Crippen molar-refractivity contribution >= 4 is 28.9 Å². The van der Waals surface area contributed by atoms with E-state index in [1.807, 2.05) is 42.0 Å². The molecule has 5 N–H and O–H groups in total. The SMILES string of the molecule is C=C(C)[C@H](N)C(=O)N1CCC[C@H]1c1ncc(-c2ccc(-c3ccc4nc([C@@H]5CCCN5C(=O)[C@@H](NC(=O)OC)C(C)C)[nH]c4c3)cc2)[nH]1. The minimum absolute atomic E-state index is 0.0997. The number of likely N-dealkylation sites (tertiary alicyclic amines) is 2. The Morgan fingerprint density at radius 1 is 0.938 bits per heavy atom. The molecule has 252 valence electrons. The first kappa shape index (κ1) is 33.0. The molecule has 0 spiro atoms. The molecule has 12 nitrogen and oxygen atoms in total. The van der Waals surface area contributed by atoms with Crippen molar-refractivity contribution in [3.05, 3.63) is 72.5 Å². The van der Waals surface area contributed by atoms with Crippen LogP contribution in [0.5, 0.6) is 0 Å². The number of hydrogen-bond acceptors (Lipinski definition) is 7. The topological polar surface area (TPSA) is 162 Å². The molecule has 2 aromatic heterocycles. The van der Waals surface area contributed by atoms with E-state index in [1.54, 1.807) is 6.92 Å². The Morgan fingerprint density at radius 3 is 2.21 bits per heavy atom. The number of hydrogen-bond donors (Lipinski definition) is 4. The fourth-order valence-corrected chi connectivity index (χ4v) is 6.76. The zero-order valence-corrected chi connectivity index (χ0v) is 28.0. The van der Waals surface area contributed by atoms with Crippen molar-refractivity contribution in [2.24, 2.45) is 11.7 Å². The summed E-state index contributed by atoms with van der Waals surface area (Å²) in [5.41, 5.74) is 12.4. The number of aromatic amines is 2. The first-order chi connectivity index (χ1) is 23.0. The average Bonchev–Trinajstić information content (AvgIpc) is 3.91. The van der Waals surface area contributed by atoms with Crippen molar-refractivity contribution in [1.29, 1.82) is 0 Å². The summed E-state index contributed by atoms with van der Waals surface area (Å²) < 4.78 is 4.75. The predicted octanol–water partition coefficient (Wildman–Crippen LogP) is 5.23. The second kappa shape index (κ2) is 13.6. The number of aromatic nitrogens is 4. The molecule has 4 heterocycles. The van der Waals surface area contributed by atoms with Gasteiger partial charge in [0, 0.05) is 13.1 Å². The van der Waals surface area contributed by atoms with Crippen molar-refractivity contribution in [1.82, 2.24) is 35.1 Å². The van der Waals surface area contributed by atoms with E-state index in [2.05, 4.69) is 57.2 Å². The molecule has 3 amide bonds. The van der Waals surface area contributed by atoms with E-state index in [0.717, 1.165) is 70.7 Å². The second-order valence-electron chi connectivity index (χ2n) is 13.2. The van der Waals surface area contributed by atoms with Crippen LogP contribution < -0.4 is 11.1 Å². The first-order valence-corrected chi connectivity index (χ1v) is 16.6. The third-order valence-electron chi connectivity index (χ3n) is 9.52. The number of methoxy groups -OCH3 is 1. The van der Waals surface area contributed by atoms with Gasteiger partial charge in [0.15, 0.2) is 0 Å². The maximum absolute atomic E-state index is 13.5. The van der Waals surface area contributed by atoms with Crippen LogP contribution >= 0.6 is 0 Å². The maximum Gasteiger partial charge on any atom is 0.407 e. The molecule has 0 aliphatic carbocycles. The number of nitrogens with one attached hydrogen (secondary N) is 3. The number of rotatable bonds is 9. The third kappa shape index (κ3) is 6.44. The lowest BCUT2D eigenvalue weighted by Gasteiger charge is -2.29. The van der Waals surface area contributed by atoms with Crippen LogP contribution in [0.1, 0.15) is 70.2 Å². The fourth-order valence-electron chi connectivity index (χ4n) is 6.76. The van der Waals surface area contributed by atoms with Crippen LogP contribution in [0.2, 0.25) is 0 Å². The standard InChI is InChI=1S/C36H44N8O4/c1-20(2)30(37)34(45)43-16-6-8-28(43)32-38-19-27(41-32)23-12-10-22(11-13-23)24-14-15-25-26(18-24)40-33(39-25)29-9-7-17-44(29)35(46)31(21(3)4)42-36(47)48-5/h10-15,18-19,21,28-31H,1,6-9,16-17,37H2,2-5H3,(H,38,41)(H,39,40)(H,42,47)/t28-,29-,30-,31-/m0/s1. The summed E-state index contributed by atoms with van der Waals surface area (Å²) >= 11 is 0. The van der Waals surface area contributed by atoms with E-state index >= 15 is 0 Å². The normalized spacial score (nSPS) is 19.1. The minimum Gasteiger partial charge on any atom is -0.453 e. The number of carbonyl (C=O) groups is 3. The molecule has 2 saturated heterocycles.